The van der Waals surface area contributed by atoms with Gasteiger partial charge >= 0.3 is 0 Å². The van der Waals surface area contributed by atoms with Crippen LogP contribution in [0.4, 0.5) is 0 Å². The molecule has 1 aromatic rings. The topological polar surface area (TPSA) is 62.0 Å². The van der Waals surface area contributed by atoms with E-state index in [-0.39, 0.29) is 6.61 Å². The summed E-state index contributed by atoms with van der Waals surface area (Å²) >= 11 is 0. The third-order valence-electron chi connectivity index (χ3n) is 3.69. The van der Waals surface area contributed by atoms with E-state index in [1.165, 1.54) is 5.56 Å². The van der Waals surface area contributed by atoms with Gasteiger partial charge in [-0.05, 0) is 56.2 Å². The van der Waals surface area contributed by atoms with E-state index in [1.54, 1.807) is 0 Å². The molecule has 0 unspecified atom stereocenters. The molecule has 0 saturated heterocycles. The Labute approximate surface area is 120 Å². The van der Waals surface area contributed by atoms with Crippen molar-refractivity contribution >= 4 is 5.71 Å². The molecule has 2 rings (SSSR count). The lowest BCUT2D eigenvalue weighted by Crippen LogP contribution is -2.12. The van der Waals surface area contributed by atoms with Gasteiger partial charge in [0.25, 0.3) is 0 Å². The standard InChI is InChI=1S/C16H23NO3/c18-10-3-1-2-4-11-20-14-9-8-13-6-5-7-16(17-19)15(13)12-14/h8-9,12,18-19H,1-7,10-11H2/b17-16-. The lowest BCUT2D eigenvalue weighted by Gasteiger charge is -2.18. The first-order valence-corrected chi connectivity index (χ1v) is 7.43. The summed E-state index contributed by atoms with van der Waals surface area (Å²) < 4.78 is 5.75. The summed E-state index contributed by atoms with van der Waals surface area (Å²) in [4.78, 5) is 0. The van der Waals surface area contributed by atoms with Crippen molar-refractivity contribution in [2.45, 2.75) is 44.9 Å². The number of benzene rings is 1. The Kier molecular flexibility index (Phi) is 5.87. The molecular weight excluding hydrogens is 254 g/mol. The van der Waals surface area contributed by atoms with Gasteiger partial charge in [-0.15, -0.1) is 0 Å². The van der Waals surface area contributed by atoms with Crippen LogP contribution in [0.25, 0.3) is 0 Å². The maximum atomic E-state index is 9.05. The normalized spacial score (nSPS) is 16.1. The van der Waals surface area contributed by atoms with Crippen LogP contribution in [-0.2, 0) is 6.42 Å². The molecule has 20 heavy (non-hydrogen) atoms. The van der Waals surface area contributed by atoms with Crippen LogP contribution in [0, 0.1) is 0 Å². The molecule has 1 aromatic carbocycles. The highest BCUT2D eigenvalue weighted by Crippen LogP contribution is 2.26. The molecule has 110 valence electrons. The zero-order chi connectivity index (χ0) is 14.2. The van der Waals surface area contributed by atoms with E-state index in [4.69, 9.17) is 15.1 Å². The second kappa shape index (κ2) is 7.90. The Bertz CT molecular complexity index is 457. The van der Waals surface area contributed by atoms with Crippen molar-refractivity contribution in [3.8, 4) is 5.75 Å². The minimum Gasteiger partial charge on any atom is -0.494 e. The van der Waals surface area contributed by atoms with E-state index in [2.05, 4.69) is 11.2 Å². The van der Waals surface area contributed by atoms with Gasteiger partial charge in [-0.25, -0.2) is 0 Å². The fourth-order valence-electron chi connectivity index (χ4n) is 2.57. The molecule has 0 amide bonds. The summed E-state index contributed by atoms with van der Waals surface area (Å²) in [6, 6.07) is 6.05. The number of oxime groups is 1. The molecule has 0 aliphatic heterocycles. The second-order valence-corrected chi connectivity index (χ2v) is 5.21. The van der Waals surface area contributed by atoms with Crippen LogP contribution >= 0.6 is 0 Å². The molecule has 4 nitrogen and oxygen atoms in total. The highest BCUT2D eigenvalue weighted by atomic mass is 16.5. The summed E-state index contributed by atoms with van der Waals surface area (Å²) in [5.41, 5.74) is 3.02. The molecular formula is C16H23NO3. The van der Waals surface area contributed by atoms with Gasteiger partial charge in [0.05, 0.1) is 12.3 Å². The predicted molar refractivity (Wildman–Crippen MR) is 78.8 cm³/mol. The van der Waals surface area contributed by atoms with Crippen LogP contribution in [0.15, 0.2) is 23.4 Å². The number of aliphatic hydroxyl groups excluding tert-OH is 1. The molecule has 0 spiro atoms. The Balaban J connectivity index is 1.87. The lowest BCUT2D eigenvalue weighted by molar-refractivity contribution is 0.273. The highest BCUT2D eigenvalue weighted by molar-refractivity contribution is 6.02. The van der Waals surface area contributed by atoms with E-state index in [1.807, 2.05) is 12.1 Å². The van der Waals surface area contributed by atoms with Crippen LogP contribution in [0.3, 0.4) is 0 Å². The maximum Gasteiger partial charge on any atom is 0.119 e. The van der Waals surface area contributed by atoms with Gasteiger partial charge in [0, 0.05) is 12.2 Å². The average Bonchev–Trinajstić information content (AvgIpc) is 2.50. The zero-order valence-corrected chi connectivity index (χ0v) is 11.8. The van der Waals surface area contributed by atoms with Gasteiger partial charge in [-0.2, -0.15) is 0 Å². The Morgan fingerprint density at radius 2 is 1.95 bits per heavy atom. The first-order valence-electron chi connectivity index (χ1n) is 7.43. The van der Waals surface area contributed by atoms with Gasteiger partial charge in [-0.1, -0.05) is 17.6 Å². The summed E-state index contributed by atoms with van der Waals surface area (Å²) in [5.74, 6) is 0.842. The van der Waals surface area contributed by atoms with Crippen LogP contribution in [0.1, 0.15) is 49.7 Å². The van der Waals surface area contributed by atoms with E-state index in [9.17, 15) is 0 Å². The molecule has 0 saturated carbocycles. The van der Waals surface area contributed by atoms with Crippen molar-refractivity contribution in [1.82, 2.24) is 0 Å². The van der Waals surface area contributed by atoms with Crippen molar-refractivity contribution < 1.29 is 15.1 Å². The number of aryl methyl sites for hydroxylation is 1. The lowest BCUT2D eigenvalue weighted by atomic mass is 9.90. The minimum atomic E-state index is 0.273. The molecule has 0 radical (unpaired) electrons. The zero-order valence-electron chi connectivity index (χ0n) is 11.8. The molecule has 0 aromatic heterocycles. The van der Waals surface area contributed by atoms with Crippen molar-refractivity contribution in [1.29, 1.82) is 0 Å². The minimum absolute atomic E-state index is 0.273. The highest BCUT2D eigenvalue weighted by Gasteiger charge is 2.16. The van der Waals surface area contributed by atoms with Crippen LogP contribution < -0.4 is 4.74 Å². The van der Waals surface area contributed by atoms with Crippen molar-refractivity contribution in [3.63, 3.8) is 0 Å². The van der Waals surface area contributed by atoms with Crippen molar-refractivity contribution in [3.05, 3.63) is 29.3 Å². The summed E-state index contributed by atoms with van der Waals surface area (Å²) in [6.07, 6.45) is 6.90. The number of rotatable bonds is 7. The van der Waals surface area contributed by atoms with Gasteiger partial charge in [0.15, 0.2) is 0 Å². The number of ether oxygens (including phenoxy) is 1. The SMILES string of the molecule is OCCCCCCOc1ccc2c(c1)/C(=N\O)CCC2. The Morgan fingerprint density at radius 1 is 1.10 bits per heavy atom. The van der Waals surface area contributed by atoms with Crippen molar-refractivity contribution in [2.75, 3.05) is 13.2 Å². The van der Waals surface area contributed by atoms with Crippen LogP contribution in [0.5, 0.6) is 5.75 Å². The van der Waals surface area contributed by atoms with Crippen LogP contribution in [-0.4, -0.2) is 29.2 Å². The second-order valence-electron chi connectivity index (χ2n) is 5.21. The van der Waals surface area contributed by atoms with Gasteiger partial charge in [-0.3, -0.25) is 0 Å². The number of nitrogens with zero attached hydrogens (tertiary/aromatic N) is 1. The maximum absolute atomic E-state index is 9.05. The largest absolute Gasteiger partial charge is 0.494 e. The van der Waals surface area contributed by atoms with Gasteiger partial charge in [0.1, 0.15) is 5.75 Å². The first-order chi connectivity index (χ1) is 9.85. The van der Waals surface area contributed by atoms with E-state index < -0.39 is 0 Å². The molecule has 1 aliphatic carbocycles. The molecule has 0 heterocycles. The fourth-order valence-corrected chi connectivity index (χ4v) is 2.57. The molecule has 0 fully saturated rings. The van der Waals surface area contributed by atoms with E-state index in [0.717, 1.165) is 62.0 Å². The summed E-state index contributed by atoms with van der Waals surface area (Å²) in [6.45, 7) is 0.963. The average molecular weight is 277 g/mol. The van der Waals surface area contributed by atoms with Crippen LogP contribution in [0.2, 0.25) is 0 Å². The van der Waals surface area contributed by atoms with E-state index in [0.29, 0.717) is 6.61 Å². The Morgan fingerprint density at radius 3 is 2.75 bits per heavy atom. The molecule has 1 aliphatic rings. The molecule has 0 atom stereocenters. The quantitative estimate of drug-likeness (QED) is 0.457. The fraction of sp³-hybridized carbons (Fsp3) is 0.562. The number of fused-ring (bicyclic) bond motifs is 1. The number of hydrogen-bond donors (Lipinski definition) is 2. The molecule has 0 bridgehead atoms. The summed E-state index contributed by atoms with van der Waals surface area (Å²) in [7, 11) is 0. The van der Waals surface area contributed by atoms with Gasteiger partial charge < -0.3 is 15.1 Å². The number of hydrogen-bond acceptors (Lipinski definition) is 4. The monoisotopic (exact) mass is 277 g/mol. The van der Waals surface area contributed by atoms with Crippen molar-refractivity contribution in [2.24, 2.45) is 5.16 Å². The molecule has 4 heteroatoms. The number of unbranched alkanes of at least 4 members (excludes halogenated alkanes) is 3. The first kappa shape index (κ1) is 14.9. The molecule has 2 N–H and O–H groups in total. The predicted octanol–water partition coefficient (Wildman–Crippen LogP) is 3.13. The smallest absolute Gasteiger partial charge is 0.119 e. The van der Waals surface area contributed by atoms with Gasteiger partial charge in [0.2, 0.25) is 0 Å². The Hall–Kier alpha value is -1.55. The number of aliphatic hydroxyl groups is 1. The third-order valence-corrected chi connectivity index (χ3v) is 3.69. The van der Waals surface area contributed by atoms with E-state index >= 15 is 0 Å². The summed E-state index contributed by atoms with van der Waals surface area (Å²) in [5, 5.41) is 21.1. The third kappa shape index (κ3) is 3.97.